The van der Waals surface area contributed by atoms with Gasteiger partial charge in [-0.15, -0.1) is 0 Å². The second kappa shape index (κ2) is 5.89. The molecule has 0 spiro atoms. The number of nitrogens with one attached hydrogen (secondary N) is 1. The first-order valence-corrected chi connectivity index (χ1v) is 7.86. The third-order valence-corrected chi connectivity index (χ3v) is 4.44. The highest BCUT2D eigenvalue weighted by atomic mass is 16.6. The molecule has 124 valence electrons. The number of nitrogens with zero attached hydrogens (tertiary/aromatic N) is 2. The molecule has 2 rings (SSSR count). The van der Waals surface area contributed by atoms with E-state index in [0.717, 1.165) is 25.1 Å². The Labute approximate surface area is 132 Å². The van der Waals surface area contributed by atoms with E-state index in [1.54, 1.807) is 6.92 Å². The first-order valence-electron chi connectivity index (χ1n) is 7.86. The molecule has 0 saturated heterocycles. The van der Waals surface area contributed by atoms with Crippen molar-refractivity contribution in [1.82, 2.24) is 15.5 Å². The number of carbonyl (C=O) groups is 1. The fourth-order valence-electron chi connectivity index (χ4n) is 3.11. The lowest BCUT2D eigenvalue weighted by atomic mass is 9.77. The summed E-state index contributed by atoms with van der Waals surface area (Å²) in [6.07, 6.45) is 2.40. The summed E-state index contributed by atoms with van der Waals surface area (Å²) in [4.78, 5) is 16.3. The van der Waals surface area contributed by atoms with Crippen LogP contribution in [0.4, 0.5) is 4.79 Å². The third kappa shape index (κ3) is 3.99. The van der Waals surface area contributed by atoms with Crippen molar-refractivity contribution < 1.29 is 14.1 Å². The minimum Gasteiger partial charge on any atom is -0.444 e. The Bertz CT molecular complexity index is 531. The van der Waals surface area contributed by atoms with Crippen LogP contribution in [0.25, 0.3) is 0 Å². The Kier molecular flexibility index (Phi) is 4.49. The fourth-order valence-corrected chi connectivity index (χ4v) is 3.11. The van der Waals surface area contributed by atoms with Crippen LogP contribution in [-0.4, -0.2) is 27.9 Å². The second-order valence-corrected chi connectivity index (χ2v) is 7.73. The van der Waals surface area contributed by atoms with E-state index in [1.165, 1.54) is 0 Å². The highest BCUT2D eigenvalue weighted by Crippen LogP contribution is 2.44. The van der Waals surface area contributed by atoms with Gasteiger partial charge in [0.05, 0.1) is 0 Å². The lowest BCUT2D eigenvalue weighted by Crippen LogP contribution is -2.45. The van der Waals surface area contributed by atoms with E-state index in [9.17, 15) is 4.79 Å². The normalized spacial score (nSPS) is 24.3. The largest absolute Gasteiger partial charge is 0.444 e. The summed E-state index contributed by atoms with van der Waals surface area (Å²) < 4.78 is 10.4. The van der Waals surface area contributed by atoms with Gasteiger partial charge in [-0.25, -0.2) is 4.79 Å². The van der Waals surface area contributed by atoms with Gasteiger partial charge in [0.1, 0.15) is 5.60 Å². The summed E-state index contributed by atoms with van der Waals surface area (Å²) in [5.41, 5.74) is -0.514. The summed E-state index contributed by atoms with van der Waals surface area (Å²) in [5, 5.41) is 7.00. The molecule has 0 radical (unpaired) electrons. The van der Waals surface area contributed by atoms with Crippen molar-refractivity contribution in [3.05, 3.63) is 11.7 Å². The van der Waals surface area contributed by atoms with Crippen molar-refractivity contribution in [3.63, 3.8) is 0 Å². The van der Waals surface area contributed by atoms with Crippen molar-refractivity contribution in [1.29, 1.82) is 0 Å². The Morgan fingerprint density at radius 3 is 2.64 bits per heavy atom. The van der Waals surface area contributed by atoms with Gasteiger partial charge in [-0.05, 0) is 44.9 Å². The van der Waals surface area contributed by atoms with E-state index in [4.69, 9.17) is 9.26 Å². The van der Waals surface area contributed by atoms with Crippen LogP contribution < -0.4 is 5.32 Å². The number of hydrogen-bond acceptors (Lipinski definition) is 5. The third-order valence-electron chi connectivity index (χ3n) is 4.44. The van der Waals surface area contributed by atoms with Crippen LogP contribution in [0.2, 0.25) is 0 Å². The maximum Gasteiger partial charge on any atom is 0.407 e. The van der Waals surface area contributed by atoms with Crippen LogP contribution in [0.15, 0.2) is 4.52 Å². The average Bonchev–Trinajstić information content (AvgIpc) is 2.85. The predicted molar refractivity (Wildman–Crippen MR) is 82.4 cm³/mol. The molecule has 22 heavy (non-hydrogen) atoms. The van der Waals surface area contributed by atoms with Gasteiger partial charge in [0, 0.05) is 19.4 Å². The molecular formula is C16H27N3O3. The standard InChI is InChI=1S/C16H27N3O3/c1-10-17-13(19-22-10)9-11-7-8-12(16(11,5)6)18-14(20)21-15(2,3)4/h11-12H,7-9H2,1-6H3,(H,18,20)/t11-,12-/m1/s1. The number of amides is 1. The smallest absolute Gasteiger partial charge is 0.407 e. The highest BCUT2D eigenvalue weighted by Gasteiger charge is 2.44. The van der Waals surface area contributed by atoms with Crippen LogP contribution >= 0.6 is 0 Å². The maximum absolute atomic E-state index is 12.0. The summed E-state index contributed by atoms with van der Waals surface area (Å²) in [6, 6.07) is 0.0975. The van der Waals surface area contributed by atoms with Gasteiger partial charge in [0.25, 0.3) is 0 Å². The number of aromatic nitrogens is 2. The van der Waals surface area contributed by atoms with Gasteiger partial charge < -0.3 is 14.6 Å². The van der Waals surface area contributed by atoms with Gasteiger partial charge in [-0.3, -0.25) is 0 Å². The second-order valence-electron chi connectivity index (χ2n) is 7.73. The zero-order valence-corrected chi connectivity index (χ0v) is 14.4. The molecule has 1 N–H and O–H groups in total. The van der Waals surface area contributed by atoms with Crippen molar-refractivity contribution in [2.24, 2.45) is 11.3 Å². The molecule has 0 aromatic carbocycles. The van der Waals surface area contributed by atoms with E-state index < -0.39 is 5.60 Å². The Morgan fingerprint density at radius 2 is 2.09 bits per heavy atom. The molecule has 2 atom stereocenters. The number of rotatable bonds is 3. The molecule has 0 unspecified atom stereocenters. The molecule has 1 aromatic heterocycles. The number of carbonyl (C=O) groups excluding carboxylic acids is 1. The molecule has 1 heterocycles. The Morgan fingerprint density at radius 1 is 1.41 bits per heavy atom. The van der Waals surface area contributed by atoms with Gasteiger partial charge in [0.2, 0.25) is 5.89 Å². The molecule has 0 bridgehead atoms. The lowest BCUT2D eigenvalue weighted by Gasteiger charge is -2.33. The van der Waals surface area contributed by atoms with Crippen LogP contribution in [-0.2, 0) is 11.2 Å². The summed E-state index contributed by atoms with van der Waals surface area (Å²) in [7, 11) is 0. The quantitative estimate of drug-likeness (QED) is 0.927. The van der Waals surface area contributed by atoms with Crippen molar-refractivity contribution in [3.8, 4) is 0 Å². The van der Waals surface area contributed by atoms with E-state index >= 15 is 0 Å². The average molecular weight is 309 g/mol. The molecule has 1 amide bonds. The molecule has 1 aliphatic carbocycles. The van der Waals surface area contributed by atoms with Crippen LogP contribution in [0.1, 0.15) is 59.2 Å². The topological polar surface area (TPSA) is 77.2 Å². The minimum atomic E-state index is -0.478. The van der Waals surface area contributed by atoms with Gasteiger partial charge in [-0.1, -0.05) is 19.0 Å². The Balaban J connectivity index is 1.97. The molecule has 6 nitrogen and oxygen atoms in total. The molecular weight excluding hydrogens is 282 g/mol. The molecule has 1 fully saturated rings. The zero-order valence-electron chi connectivity index (χ0n) is 14.4. The predicted octanol–water partition coefficient (Wildman–Crippen LogP) is 3.25. The SMILES string of the molecule is Cc1nc(C[C@H]2CC[C@@H](NC(=O)OC(C)(C)C)C2(C)C)no1. The van der Waals surface area contributed by atoms with E-state index in [-0.39, 0.29) is 17.6 Å². The molecule has 0 aliphatic heterocycles. The van der Waals surface area contributed by atoms with Crippen molar-refractivity contribution in [2.45, 2.75) is 72.4 Å². The maximum atomic E-state index is 12.0. The molecule has 1 aromatic rings. The number of alkyl carbamates (subject to hydrolysis) is 1. The Hall–Kier alpha value is -1.59. The zero-order chi connectivity index (χ0) is 16.5. The highest BCUT2D eigenvalue weighted by molar-refractivity contribution is 5.68. The lowest BCUT2D eigenvalue weighted by molar-refractivity contribution is 0.0459. The van der Waals surface area contributed by atoms with Crippen LogP contribution in [0.5, 0.6) is 0 Å². The number of hydrogen-bond donors (Lipinski definition) is 1. The molecule has 1 saturated carbocycles. The van der Waals surface area contributed by atoms with Gasteiger partial charge in [-0.2, -0.15) is 4.98 Å². The van der Waals surface area contributed by atoms with Gasteiger partial charge in [0.15, 0.2) is 5.82 Å². The number of aryl methyl sites for hydroxylation is 1. The van der Waals surface area contributed by atoms with Crippen molar-refractivity contribution >= 4 is 6.09 Å². The monoisotopic (exact) mass is 309 g/mol. The van der Waals surface area contributed by atoms with E-state index in [2.05, 4.69) is 29.3 Å². The minimum absolute atomic E-state index is 0.0363. The van der Waals surface area contributed by atoms with Crippen LogP contribution in [0.3, 0.4) is 0 Å². The molecule has 1 aliphatic rings. The van der Waals surface area contributed by atoms with E-state index in [0.29, 0.717) is 11.8 Å². The first-order chi connectivity index (χ1) is 10.1. The summed E-state index contributed by atoms with van der Waals surface area (Å²) in [6.45, 7) is 11.8. The van der Waals surface area contributed by atoms with Gasteiger partial charge >= 0.3 is 6.09 Å². The van der Waals surface area contributed by atoms with Crippen molar-refractivity contribution in [2.75, 3.05) is 0 Å². The number of ether oxygens (including phenoxy) is 1. The van der Waals surface area contributed by atoms with E-state index in [1.807, 2.05) is 20.8 Å². The van der Waals surface area contributed by atoms with Crippen LogP contribution in [0, 0.1) is 18.3 Å². The molecule has 6 heteroatoms. The fraction of sp³-hybridized carbons (Fsp3) is 0.812. The summed E-state index contributed by atoms with van der Waals surface area (Å²) in [5.74, 6) is 1.74. The summed E-state index contributed by atoms with van der Waals surface area (Å²) >= 11 is 0. The first kappa shape index (κ1) is 16.8.